The number of piperazine rings is 1. The van der Waals surface area contributed by atoms with Crippen LogP contribution in [0.2, 0.25) is 0 Å². The molecule has 1 heterocycles. The van der Waals surface area contributed by atoms with Crippen molar-refractivity contribution >= 4 is 5.91 Å². The molecule has 1 N–H and O–H groups in total. The zero-order valence-electron chi connectivity index (χ0n) is 13.7. The largest absolute Gasteiger partial charge is 0.389 e. The first kappa shape index (κ1) is 17.4. The van der Waals surface area contributed by atoms with Crippen molar-refractivity contribution < 1.29 is 9.90 Å². The van der Waals surface area contributed by atoms with E-state index in [0.29, 0.717) is 6.54 Å². The Balaban J connectivity index is 2.46. The molecule has 1 unspecified atom stereocenters. The van der Waals surface area contributed by atoms with Crippen LogP contribution in [0.4, 0.5) is 0 Å². The SMILES string of the molecule is CCN(CC)C(=O)C(C)N1CCN(CC(C)(C)O)CC1. The van der Waals surface area contributed by atoms with E-state index in [9.17, 15) is 9.90 Å². The van der Waals surface area contributed by atoms with Crippen molar-refractivity contribution in [1.29, 1.82) is 0 Å². The lowest BCUT2D eigenvalue weighted by Gasteiger charge is -2.40. The van der Waals surface area contributed by atoms with Gasteiger partial charge >= 0.3 is 0 Å². The molecule has 5 nitrogen and oxygen atoms in total. The van der Waals surface area contributed by atoms with E-state index in [1.807, 2.05) is 39.5 Å². The first-order valence-corrected chi connectivity index (χ1v) is 7.76. The summed E-state index contributed by atoms with van der Waals surface area (Å²) in [6, 6.07) is -0.0424. The monoisotopic (exact) mass is 285 g/mol. The molecule has 0 aromatic carbocycles. The molecule has 1 amide bonds. The molecule has 1 aliphatic heterocycles. The van der Waals surface area contributed by atoms with E-state index >= 15 is 0 Å². The lowest BCUT2D eigenvalue weighted by atomic mass is 10.1. The Hall–Kier alpha value is -0.650. The predicted molar refractivity (Wildman–Crippen MR) is 81.7 cm³/mol. The number of carbonyl (C=O) groups excluding carboxylic acids is 1. The number of nitrogens with zero attached hydrogens (tertiary/aromatic N) is 3. The summed E-state index contributed by atoms with van der Waals surface area (Å²) in [5.41, 5.74) is -0.648. The molecule has 0 aliphatic carbocycles. The molecule has 1 aliphatic rings. The van der Waals surface area contributed by atoms with Crippen molar-refractivity contribution in [2.75, 3.05) is 45.8 Å². The molecule has 0 spiro atoms. The van der Waals surface area contributed by atoms with Crippen molar-refractivity contribution in [3.05, 3.63) is 0 Å². The lowest BCUT2D eigenvalue weighted by Crippen LogP contribution is -2.56. The maximum Gasteiger partial charge on any atom is 0.239 e. The van der Waals surface area contributed by atoms with Crippen molar-refractivity contribution in [3.8, 4) is 0 Å². The Morgan fingerprint density at radius 1 is 1.20 bits per heavy atom. The Labute approximate surface area is 123 Å². The van der Waals surface area contributed by atoms with Crippen LogP contribution < -0.4 is 0 Å². The number of carbonyl (C=O) groups is 1. The molecule has 1 saturated heterocycles. The summed E-state index contributed by atoms with van der Waals surface area (Å²) in [6.07, 6.45) is 0. The molecular formula is C15H31N3O2. The number of β-amino-alcohol motifs (C(OH)–C–C–N with tert-alkyl or cyclic N) is 1. The summed E-state index contributed by atoms with van der Waals surface area (Å²) in [4.78, 5) is 18.8. The zero-order chi connectivity index (χ0) is 15.3. The third-order valence-corrected chi connectivity index (χ3v) is 4.00. The van der Waals surface area contributed by atoms with Gasteiger partial charge in [-0.25, -0.2) is 0 Å². The van der Waals surface area contributed by atoms with Gasteiger partial charge in [0.1, 0.15) is 0 Å². The summed E-state index contributed by atoms with van der Waals surface area (Å²) >= 11 is 0. The third kappa shape index (κ3) is 5.04. The lowest BCUT2D eigenvalue weighted by molar-refractivity contribution is -0.136. The molecule has 1 atom stereocenters. The second kappa shape index (κ2) is 7.38. The van der Waals surface area contributed by atoms with Gasteiger partial charge in [-0.15, -0.1) is 0 Å². The molecule has 20 heavy (non-hydrogen) atoms. The third-order valence-electron chi connectivity index (χ3n) is 4.00. The van der Waals surface area contributed by atoms with Crippen molar-refractivity contribution in [1.82, 2.24) is 14.7 Å². The van der Waals surface area contributed by atoms with Crippen LogP contribution in [0.1, 0.15) is 34.6 Å². The van der Waals surface area contributed by atoms with Gasteiger partial charge in [-0.05, 0) is 34.6 Å². The average molecular weight is 285 g/mol. The van der Waals surface area contributed by atoms with E-state index in [-0.39, 0.29) is 11.9 Å². The van der Waals surface area contributed by atoms with E-state index in [4.69, 9.17) is 0 Å². The van der Waals surface area contributed by atoms with Crippen molar-refractivity contribution in [2.24, 2.45) is 0 Å². The summed E-state index contributed by atoms with van der Waals surface area (Å²) in [5.74, 6) is 0.228. The van der Waals surface area contributed by atoms with Gasteiger partial charge < -0.3 is 10.0 Å². The fraction of sp³-hybridized carbons (Fsp3) is 0.933. The van der Waals surface area contributed by atoms with Crippen LogP contribution >= 0.6 is 0 Å². The van der Waals surface area contributed by atoms with Gasteiger partial charge in [-0.2, -0.15) is 0 Å². The van der Waals surface area contributed by atoms with E-state index < -0.39 is 5.60 Å². The minimum atomic E-state index is -0.648. The van der Waals surface area contributed by atoms with Crippen LogP contribution in [0.5, 0.6) is 0 Å². The number of rotatable bonds is 6. The first-order chi connectivity index (χ1) is 9.28. The molecule has 1 fully saturated rings. The summed E-state index contributed by atoms with van der Waals surface area (Å²) in [5, 5.41) is 9.85. The zero-order valence-corrected chi connectivity index (χ0v) is 13.7. The average Bonchev–Trinajstić information content (AvgIpc) is 2.38. The van der Waals surface area contributed by atoms with E-state index in [2.05, 4.69) is 9.80 Å². The van der Waals surface area contributed by atoms with Crippen LogP contribution in [0.3, 0.4) is 0 Å². The van der Waals surface area contributed by atoms with Crippen LogP contribution in [-0.4, -0.2) is 83.2 Å². The number of likely N-dealkylation sites (N-methyl/N-ethyl adjacent to an activating group) is 1. The highest BCUT2D eigenvalue weighted by atomic mass is 16.3. The van der Waals surface area contributed by atoms with Gasteiger partial charge in [0.05, 0.1) is 11.6 Å². The number of hydrogen-bond acceptors (Lipinski definition) is 4. The highest BCUT2D eigenvalue weighted by molar-refractivity contribution is 5.81. The summed E-state index contributed by atoms with van der Waals surface area (Å²) in [6.45, 7) is 15.6. The van der Waals surface area contributed by atoms with E-state index in [0.717, 1.165) is 39.3 Å². The van der Waals surface area contributed by atoms with Crippen LogP contribution in [-0.2, 0) is 4.79 Å². The number of aliphatic hydroxyl groups is 1. The van der Waals surface area contributed by atoms with E-state index in [1.54, 1.807) is 0 Å². The molecule has 0 saturated carbocycles. The Kier molecular flexibility index (Phi) is 6.43. The minimum absolute atomic E-state index is 0.0424. The second-order valence-electron chi connectivity index (χ2n) is 6.31. The summed E-state index contributed by atoms with van der Waals surface area (Å²) < 4.78 is 0. The molecule has 5 heteroatoms. The predicted octanol–water partition coefficient (Wildman–Crippen LogP) is 0.632. The van der Waals surface area contributed by atoms with Crippen molar-refractivity contribution in [2.45, 2.75) is 46.3 Å². The van der Waals surface area contributed by atoms with E-state index in [1.165, 1.54) is 0 Å². The molecule has 0 radical (unpaired) electrons. The van der Waals surface area contributed by atoms with Gasteiger partial charge in [-0.1, -0.05) is 0 Å². The second-order valence-corrected chi connectivity index (χ2v) is 6.31. The fourth-order valence-corrected chi connectivity index (χ4v) is 2.81. The van der Waals surface area contributed by atoms with Crippen LogP contribution in [0, 0.1) is 0 Å². The van der Waals surface area contributed by atoms with Gasteiger partial charge in [-0.3, -0.25) is 14.6 Å². The highest BCUT2D eigenvalue weighted by Crippen LogP contribution is 2.12. The quantitative estimate of drug-likeness (QED) is 0.778. The van der Waals surface area contributed by atoms with Crippen molar-refractivity contribution in [3.63, 3.8) is 0 Å². The molecule has 0 aromatic heterocycles. The number of amides is 1. The molecule has 0 aromatic rings. The molecule has 118 valence electrons. The molecular weight excluding hydrogens is 254 g/mol. The van der Waals surface area contributed by atoms with Gasteiger partial charge in [0.15, 0.2) is 0 Å². The Bertz CT molecular complexity index is 303. The fourth-order valence-electron chi connectivity index (χ4n) is 2.81. The highest BCUT2D eigenvalue weighted by Gasteiger charge is 2.29. The Morgan fingerprint density at radius 2 is 1.70 bits per heavy atom. The molecule has 1 rings (SSSR count). The normalized spacial score (nSPS) is 19.9. The standard InChI is InChI=1S/C15H31N3O2/c1-6-17(7-2)14(19)13(3)18-10-8-16(9-11-18)12-15(4,5)20/h13,20H,6-12H2,1-5H3. The minimum Gasteiger partial charge on any atom is -0.389 e. The maximum absolute atomic E-state index is 12.3. The molecule has 0 bridgehead atoms. The topological polar surface area (TPSA) is 47.0 Å². The van der Waals surface area contributed by atoms with Crippen LogP contribution in [0.25, 0.3) is 0 Å². The summed E-state index contributed by atoms with van der Waals surface area (Å²) in [7, 11) is 0. The smallest absolute Gasteiger partial charge is 0.239 e. The van der Waals surface area contributed by atoms with Gasteiger partial charge in [0.2, 0.25) is 5.91 Å². The maximum atomic E-state index is 12.3. The van der Waals surface area contributed by atoms with Gasteiger partial charge in [0, 0.05) is 45.8 Å². The van der Waals surface area contributed by atoms with Crippen LogP contribution in [0.15, 0.2) is 0 Å². The Morgan fingerprint density at radius 3 is 2.10 bits per heavy atom. The first-order valence-electron chi connectivity index (χ1n) is 7.76. The van der Waals surface area contributed by atoms with Gasteiger partial charge in [0.25, 0.3) is 0 Å². The number of hydrogen-bond donors (Lipinski definition) is 1.